The topological polar surface area (TPSA) is 133 Å². The Morgan fingerprint density at radius 1 is 0.904 bits per heavy atom. The van der Waals surface area contributed by atoms with E-state index in [1.54, 1.807) is 18.2 Å². The molecule has 0 saturated heterocycles. The molecular weight excluding hydrogens is 654 g/mol. The number of nitrogens with zero attached hydrogens (tertiary/aromatic N) is 4. The Balaban J connectivity index is 0.922. The van der Waals surface area contributed by atoms with E-state index in [-0.39, 0.29) is 19.0 Å². The third-order valence-electron chi connectivity index (χ3n) is 11.3. The molecule has 3 aliphatic rings. The number of nitrogens with one attached hydrogen (secondary N) is 1. The number of carbonyl (C=O) groups is 4. The molecule has 3 aromatic carbocycles. The summed E-state index contributed by atoms with van der Waals surface area (Å²) in [5.41, 5.74) is 5.11. The van der Waals surface area contributed by atoms with E-state index in [1.807, 2.05) is 54.9 Å². The Hall–Kier alpha value is -5.38. The van der Waals surface area contributed by atoms with Crippen LogP contribution in [0.3, 0.4) is 0 Å². The summed E-state index contributed by atoms with van der Waals surface area (Å²) in [6.45, 7) is 1.17. The van der Waals surface area contributed by atoms with E-state index in [0.717, 1.165) is 58.1 Å². The molecule has 2 aliphatic carbocycles. The first-order valence-corrected chi connectivity index (χ1v) is 18.5. The van der Waals surface area contributed by atoms with Gasteiger partial charge in [-0.1, -0.05) is 80.8 Å². The average molecular weight is 700 g/mol. The van der Waals surface area contributed by atoms with Gasteiger partial charge in [0.05, 0.1) is 12.2 Å². The van der Waals surface area contributed by atoms with Crippen LogP contribution < -0.4 is 10.2 Å². The molecule has 268 valence electrons. The fraction of sp³-hybridized carbons (Fsp3) is 0.381. The highest BCUT2D eigenvalue weighted by atomic mass is 16.4. The Morgan fingerprint density at radius 3 is 2.31 bits per heavy atom. The smallest absolute Gasteiger partial charge is 0.323 e. The summed E-state index contributed by atoms with van der Waals surface area (Å²) in [5.74, 6) is 0.663. The molecule has 10 heteroatoms. The monoisotopic (exact) mass is 699 g/mol. The minimum absolute atomic E-state index is 0.0399. The molecule has 0 bridgehead atoms. The van der Waals surface area contributed by atoms with Crippen LogP contribution in [0.2, 0.25) is 0 Å². The summed E-state index contributed by atoms with van der Waals surface area (Å²) >= 11 is 0. The number of carbonyl (C=O) groups excluding carboxylic acids is 3. The lowest BCUT2D eigenvalue weighted by atomic mass is 9.71. The van der Waals surface area contributed by atoms with Crippen LogP contribution in [0.15, 0.2) is 79.1 Å². The predicted octanol–water partition coefficient (Wildman–Crippen LogP) is 6.89. The van der Waals surface area contributed by atoms with Crippen molar-refractivity contribution in [2.75, 3.05) is 24.5 Å². The van der Waals surface area contributed by atoms with Crippen molar-refractivity contribution in [1.29, 1.82) is 0 Å². The van der Waals surface area contributed by atoms with Crippen LogP contribution in [0.5, 0.6) is 0 Å². The molecular formula is C42H45N5O5. The number of carboxylic acids is 1. The quantitative estimate of drug-likeness (QED) is 0.165. The first-order chi connectivity index (χ1) is 25.3. The van der Waals surface area contributed by atoms with Crippen LogP contribution in [-0.4, -0.2) is 63.3 Å². The first-order valence-electron chi connectivity index (χ1n) is 18.5. The van der Waals surface area contributed by atoms with E-state index < -0.39 is 30.9 Å². The van der Waals surface area contributed by atoms with Gasteiger partial charge in [-0.05, 0) is 78.5 Å². The van der Waals surface area contributed by atoms with Gasteiger partial charge in [-0.25, -0.2) is 9.97 Å². The predicted molar refractivity (Wildman–Crippen MR) is 200 cm³/mol. The minimum Gasteiger partial charge on any atom is -0.480 e. The summed E-state index contributed by atoms with van der Waals surface area (Å²) in [6.07, 6.45) is 16.5. The number of hydrogen-bond donors (Lipinski definition) is 2. The number of anilines is 1. The standard InChI is InChI=1S/C42H45N5O5/c1-2-27-9-13-29(14-10-27)30-17-19-31(20-18-30)34-21-44-41(45-22-34)33-15-11-28(12-16-33)24-46(26-39(50)51)38(49)23-43-37(48)25-47-36-8-4-6-32-5-3-7-35(40(32)36)42(47)52/h3-8,11-12,15-16,19,21-22,27,29-30H,2,9-10,13-14,17-18,20,23-26H2,1H3,(H,43,48)(H,50,51)/t27-,29-,30?. The van der Waals surface area contributed by atoms with Crippen LogP contribution in [0, 0.1) is 17.8 Å². The van der Waals surface area contributed by atoms with Gasteiger partial charge >= 0.3 is 5.97 Å². The van der Waals surface area contributed by atoms with Crippen molar-refractivity contribution in [1.82, 2.24) is 20.2 Å². The summed E-state index contributed by atoms with van der Waals surface area (Å²) in [7, 11) is 0. The van der Waals surface area contributed by atoms with Gasteiger partial charge in [-0.3, -0.25) is 24.1 Å². The third-order valence-corrected chi connectivity index (χ3v) is 11.3. The second-order valence-corrected chi connectivity index (χ2v) is 14.4. The van der Waals surface area contributed by atoms with E-state index in [0.29, 0.717) is 17.1 Å². The molecule has 1 aromatic heterocycles. The van der Waals surface area contributed by atoms with Gasteiger partial charge in [-0.2, -0.15) is 0 Å². The van der Waals surface area contributed by atoms with E-state index >= 15 is 0 Å². The molecule has 4 aromatic rings. The SMILES string of the molecule is CC[C@H]1CC[C@H](C2CC=C(c3cnc(-c4ccc(CN(CC(=O)O)C(=O)CNC(=O)CN5C(=O)c6cccc7cccc5c67)cc4)nc3)CC2)CC1. The van der Waals surface area contributed by atoms with Crippen LogP contribution in [0.4, 0.5) is 5.69 Å². The molecule has 52 heavy (non-hydrogen) atoms. The van der Waals surface area contributed by atoms with Crippen molar-refractivity contribution in [3.63, 3.8) is 0 Å². The van der Waals surface area contributed by atoms with Gasteiger partial charge in [0.2, 0.25) is 11.8 Å². The fourth-order valence-corrected chi connectivity index (χ4v) is 8.25. The summed E-state index contributed by atoms with van der Waals surface area (Å²) in [5, 5.41) is 13.8. The van der Waals surface area contributed by atoms with Crippen LogP contribution in [0.1, 0.15) is 79.8 Å². The van der Waals surface area contributed by atoms with Crippen molar-refractivity contribution in [2.24, 2.45) is 17.8 Å². The molecule has 1 atom stereocenters. The molecule has 10 nitrogen and oxygen atoms in total. The molecule has 3 amide bonds. The van der Waals surface area contributed by atoms with Crippen LogP contribution >= 0.6 is 0 Å². The van der Waals surface area contributed by atoms with Crippen molar-refractivity contribution >= 4 is 45.7 Å². The van der Waals surface area contributed by atoms with E-state index in [4.69, 9.17) is 0 Å². The van der Waals surface area contributed by atoms with Gasteiger partial charge < -0.3 is 15.3 Å². The lowest BCUT2D eigenvalue weighted by Gasteiger charge is -2.35. The molecule has 1 aliphatic heterocycles. The molecule has 2 heterocycles. The number of rotatable bonds is 12. The summed E-state index contributed by atoms with van der Waals surface area (Å²) in [4.78, 5) is 62.6. The van der Waals surface area contributed by atoms with Gasteiger partial charge in [-0.15, -0.1) is 0 Å². The summed E-state index contributed by atoms with van der Waals surface area (Å²) < 4.78 is 0. The van der Waals surface area contributed by atoms with Gasteiger partial charge in [0, 0.05) is 41.0 Å². The minimum atomic E-state index is -1.17. The van der Waals surface area contributed by atoms with Crippen molar-refractivity contribution in [2.45, 2.75) is 64.8 Å². The maximum absolute atomic E-state index is 13.1. The van der Waals surface area contributed by atoms with Crippen molar-refractivity contribution < 1.29 is 24.3 Å². The summed E-state index contributed by atoms with van der Waals surface area (Å²) in [6, 6.07) is 18.3. The van der Waals surface area contributed by atoms with Crippen molar-refractivity contribution in [3.05, 3.63) is 95.8 Å². The molecule has 0 spiro atoms. The molecule has 0 radical (unpaired) electrons. The third kappa shape index (κ3) is 7.61. The molecule has 1 fully saturated rings. The highest BCUT2D eigenvalue weighted by Crippen LogP contribution is 2.42. The second kappa shape index (κ2) is 15.5. The maximum atomic E-state index is 13.1. The second-order valence-electron chi connectivity index (χ2n) is 14.4. The van der Waals surface area contributed by atoms with Crippen LogP contribution in [0.25, 0.3) is 27.7 Å². The average Bonchev–Trinajstić information content (AvgIpc) is 3.44. The fourth-order valence-electron chi connectivity index (χ4n) is 8.25. The van der Waals surface area contributed by atoms with Crippen LogP contribution in [-0.2, 0) is 20.9 Å². The molecule has 1 unspecified atom stereocenters. The van der Waals surface area contributed by atoms with E-state index in [1.165, 1.54) is 53.9 Å². The van der Waals surface area contributed by atoms with Gasteiger partial charge in [0.15, 0.2) is 5.82 Å². The number of aromatic nitrogens is 2. The number of amides is 3. The number of carboxylic acid groups (broad SMARTS) is 1. The van der Waals surface area contributed by atoms with E-state index in [2.05, 4.69) is 28.3 Å². The Bertz CT molecular complexity index is 1990. The zero-order chi connectivity index (χ0) is 36.2. The number of aliphatic carboxylic acids is 1. The van der Waals surface area contributed by atoms with Crippen molar-refractivity contribution in [3.8, 4) is 11.4 Å². The Kier molecular flexibility index (Phi) is 10.4. The zero-order valence-electron chi connectivity index (χ0n) is 29.6. The number of allylic oxidation sites excluding steroid dienone is 2. The lowest BCUT2D eigenvalue weighted by Crippen LogP contribution is -2.45. The van der Waals surface area contributed by atoms with Gasteiger partial charge in [0.25, 0.3) is 5.91 Å². The maximum Gasteiger partial charge on any atom is 0.323 e. The highest BCUT2D eigenvalue weighted by Gasteiger charge is 2.31. The first kappa shape index (κ1) is 35.0. The van der Waals surface area contributed by atoms with Gasteiger partial charge in [0.1, 0.15) is 13.1 Å². The number of hydrogen-bond acceptors (Lipinski definition) is 6. The normalized spacial score (nSPS) is 19.7. The zero-order valence-corrected chi connectivity index (χ0v) is 29.6. The van der Waals surface area contributed by atoms with E-state index in [9.17, 15) is 24.3 Å². The largest absolute Gasteiger partial charge is 0.480 e. The molecule has 2 N–H and O–H groups in total. The Morgan fingerprint density at radius 2 is 1.63 bits per heavy atom. The Labute approximate surface area is 303 Å². The molecule has 1 saturated carbocycles. The number of benzene rings is 3. The lowest BCUT2D eigenvalue weighted by molar-refractivity contribution is -0.144. The molecule has 7 rings (SSSR count). The highest BCUT2D eigenvalue weighted by molar-refractivity contribution is 6.26.